The fraction of sp³-hybridized carbons (Fsp3) is 0.391. The summed E-state index contributed by atoms with van der Waals surface area (Å²) in [5.74, 6) is -2.86. The Morgan fingerprint density at radius 1 is 1.06 bits per heavy atom. The summed E-state index contributed by atoms with van der Waals surface area (Å²) in [7, 11) is -3.80. The molecule has 10 heteroatoms. The van der Waals surface area contributed by atoms with Gasteiger partial charge in [0.05, 0.1) is 11.9 Å². The first-order valence-corrected chi connectivity index (χ1v) is 12.4. The van der Waals surface area contributed by atoms with E-state index < -0.39 is 27.7 Å². The van der Waals surface area contributed by atoms with Crippen LogP contribution in [0, 0.1) is 11.6 Å². The van der Waals surface area contributed by atoms with E-state index >= 15 is 0 Å². The van der Waals surface area contributed by atoms with Crippen LogP contribution < -0.4 is 9.62 Å². The molecule has 0 aliphatic carbocycles. The normalized spacial score (nSPS) is 12.2. The van der Waals surface area contributed by atoms with Gasteiger partial charge in [-0.2, -0.15) is 0 Å². The summed E-state index contributed by atoms with van der Waals surface area (Å²) in [5, 5.41) is 2.71. The third-order valence-electron chi connectivity index (χ3n) is 5.06. The number of carbonyl (C=O) groups excluding carboxylic acids is 2. The van der Waals surface area contributed by atoms with E-state index in [2.05, 4.69) is 5.32 Å². The minimum Gasteiger partial charge on any atom is -0.355 e. The van der Waals surface area contributed by atoms with Crippen molar-refractivity contribution in [2.75, 3.05) is 23.7 Å². The highest BCUT2D eigenvalue weighted by molar-refractivity contribution is 7.92. The van der Waals surface area contributed by atoms with Gasteiger partial charge in [0.1, 0.15) is 6.04 Å². The van der Waals surface area contributed by atoms with Gasteiger partial charge in [0.2, 0.25) is 21.8 Å². The summed E-state index contributed by atoms with van der Waals surface area (Å²) in [6.07, 6.45) is 1.04. The summed E-state index contributed by atoms with van der Waals surface area (Å²) in [5.41, 5.74) is 0.822. The quantitative estimate of drug-likeness (QED) is 0.535. The van der Waals surface area contributed by atoms with Crippen molar-refractivity contribution in [1.82, 2.24) is 10.2 Å². The van der Waals surface area contributed by atoms with Crippen LogP contribution in [0.1, 0.15) is 32.3 Å². The molecule has 2 amide bonds. The van der Waals surface area contributed by atoms with Crippen LogP contribution in [0.15, 0.2) is 48.5 Å². The van der Waals surface area contributed by atoms with E-state index in [1.165, 1.54) is 11.0 Å². The average molecular weight is 482 g/mol. The van der Waals surface area contributed by atoms with Crippen LogP contribution in [0.5, 0.6) is 0 Å². The smallest absolute Gasteiger partial charge is 0.242 e. The molecule has 0 aliphatic rings. The van der Waals surface area contributed by atoms with Crippen LogP contribution in [0.4, 0.5) is 14.5 Å². The number of nitrogens with one attached hydrogen (secondary N) is 1. The van der Waals surface area contributed by atoms with Gasteiger partial charge in [-0.3, -0.25) is 13.9 Å². The number of halogens is 2. The Bertz CT molecular complexity index is 1060. The first-order chi connectivity index (χ1) is 15.5. The van der Waals surface area contributed by atoms with Crippen LogP contribution in [0.3, 0.4) is 0 Å². The Morgan fingerprint density at radius 2 is 1.73 bits per heavy atom. The Labute approximate surface area is 193 Å². The van der Waals surface area contributed by atoms with E-state index in [9.17, 15) is 26.8 Å². The van der Waals surface area contributed by atoms with E-state index in [1.807, 2.05) is 30.3 Å². The molecule has 0 heterocycles. The molecule has 0 bridgehead atoms. The highest BCUT2D eigenvalue weighted by atomic mass is 32.2. The van der Waals surface area contributed by atoms with Gasteiger partial charge in [0, 0.05) is 32.1 Å². The van der Waals surface area contributed by atoms with Crippen molar-refractivity contribution in [2.45, 2.75) is 39.3 Å². The number of amides is 2. The molecule has 0 spiro atoms. The summed E-state index contributed by atoms with van der Waals surface area (Å²) < 4.78 is 52.2. The first-order valence-electron chi connectivity index (χ1n) is 10.6. The van der Waals surface area contributed by atoms with E-state index in [1.54, 1.807) is 13.8 Å². The highest BCUT2D eigenvalue weighted by Crippen LogP contribution is 2.21. The molecular weight excluding hydrogens is 452 g/mol. The molecule has 0 radical (unpaired) electrons. The predicted octanol–water partition coefficient (Wildman–Crippen LogP) is 3.06. The molecular formula is C23H29F2N3O4S. The Kier molecular flexibility index (Phi) is 9.33. The lowest BCUT2D eigenvalue weighted by Gasteiger charge is -2.29. The third-order valence-corrected chi connectivity index (χ3v) is 6.25. The van der Waals surface area contributed by atoms with E-state index in [0.717, 1.165) is 28.3 Å². The number of carbonyl (C=O) groups is 2. The SMILES string of the molecule is CCNC(=O)[C@@H](C)N(Cc1ccccc1)C(=O)CCCN(c1ccc(F)c(F)c1)S(C)(=O)=O. The summed E-state index contributed by atoms with van der Waals surface area (Å²) >= 11 is 0. The van der Waals surface area contributed by atoms with Crippen molar-refractivity contribution in [3.8, 4) is 0 Å². The fourth-order valence-corrected chi connectivity index (χ4v) is 4.29. The molecule has 2 aromatic carbocycles. The molecule has 2 rings (SSSR count). The minimum absolute atomic E-state index is 0.0271. The van der Waals surface area contributed by atoms with Gasteiger partial charge >= 0.3 is 0 Å². The van der Waals surface area contributed by atoms with Gasteiger partial charge in [0.15, 0.2) is 11.6 Å². The fourth-order valence-electron chi connectivity index (χ4n) is 3.33. The van der Waals surface area contributed by atoms with Crippen LogP contribution >= 0.6 is 0 Å². The van der Waals surface area contributed by atoms with E-state index in [0.29, 0.717) is 6.54 Å². The molecule has 1 N–H and O–H groups in total. The molecule has 0 saturated heterocycles. The van der Waals surface area contributed by atoms with Gasteiger partial charge in [-0.1, -0.05) is 30.3 Å². The number of rotatable bonds is 11. The number of likely N-dealkylation sites (N-methyl/N-ethyl adjacent to an activating group) is 1. The second-order valence-corrected chi connectivity index (χ2v) is 9.52. The highest BCUT2D eigenvalue weighted by Gasteiger charge is 2.26. The molecule has 1 atom stereocenters. The van der Waals surface area contributed by atoms with Gasteiger partial charge in [-0.25, -0.2) is 17.2 Å². The van der Waals surface area contributed by atoms with Crippen LogP contribution in [0.25, 0.3) is 0 Å². The summed E-state index contributed by atoms with van der Waals surface area (Å²) in [4.78, 5) is 26.9. The second-order valence-electron chi connectivity index (χ2n) is 7.61. The lowest BCUT2D eigenvalue weighted by Crippen LogP contribution is -2.47. The number of benzene rings is 2. The number of hydrogen-bond donors (Lipinski definition) is 1. The topological polar surface area (TPSA) is 86.8 Å². The van der Waals surface area contributed by atoms with Gasteiger partial charge in [0.25, 0.3) is 0 Å². The summed E-state index contributed by atoms with van der Waals surface area (Å²) in [6, 6.07) is 11.3. The van der Waals surface area contributed by atoms with Crippen LogP contribution in [0.2, 0.25) is 0 Å². The van der Waals surface area contributed by atoms with Crippen molar-refractivity contribution >= 4 is 27.5 Å². The summed E-state index contributed by atoms with van der Waals surface area (Å²) in [6.45, 7) is 3.96. The van der Waals surface area contributed by atoms with Crippen LogP contribution in [-0.2, 0) is 26.2 Å². The van der Waals surface area contributed by atoms with Gasteiger partial charge in [-0.15, -0.1) is 0 Å². The molecule has 180 valence electrons. The standard InChI is InChI=1S/C23H29F2N3O4S/c1-4-26-23(30)17(2)27(16-18-9-6-5-7-10-18)22(29)11-8-14-28(33(3,31)32)19-12-13-20(24)21(25)15-19/h5-7,9-10,12-13,15,17H,4,8,11,14,16H2,1-3H3,(H,26,30)/t17-/m1/s1. The second kappa shape index (κ2) is 11.7. The van der Waals surface area contributed by atoms with Crippen molar-refractivity contribution in [3.63, 3.8) is 0 Å². The lowest BCUT2D eigenvalue weighted by atomic mass is 10.1. The maximum atomic E-state index is 13.6. The van der Waals surface area contributed by atoms with Crippen LogP contribution in [-0.4, -0.2) is 50.5 Å². The molecule has 2 aromatic rings. The largest absolute Gasteiger partial charge is 0.355 e. The zero-order valence-corrected chi connectivity index (χ0v) is 19.7. The number of sulfonamides is 1. The van der Waals surface area contributed by atoms with Gasteiger partial charge in [-0.05, 0) is 38.0 Å². The minimum atomic E-state index is -3.80. The predicted molar refractivity (Wildman–Crippen MR) is 123 cm³/mol. The molecule has 0 aromatic heterocycles. The van der Waals surface area contributed by atoms with Gasteiger partial charge < -0.3 is 10.2 Å². The first kappa shape index (κ1) is 26.2. The van der Waals surface area contributed by atoms with E-state index in [-0.39, 0.29) is 43.4 Å². The average Bonchev–Trinajstić information content (AvgIpc) is 2.76. The van der Waals surface area contributed by atoms with Crippen molar-refractivity contribution in [1.29, 1.82) is 0 Å². The molecule has 7 nitrogen and oxygen atoms in total. The molecule has 0 saturated carbocycles. The molecule has 0 aliphatic heterocycles. The Hall–Kier alpha value is -3.01. The maximum Gasteiger partial charge on any atom is 0.242 e. The maximum absolute atomic E-state index is 13.6. The van der Waals surface area contributed by atoms with Crippen molar-refractivity contribution in [2.24, 2.45) is 0 Å². The zero-order valence-electron chi connectivity index (χ0n) is 18.9. The molecule has 0 unspecified atom stereocenters. The van der Waals surface area contributed by atoms with E-state index in [4.69, 9.17) is 0 Å². The zero-order chi connectivity index (χ0) is 24.6. The number of anilines is 1. The monoisotopic (exact) mass is 481 g/mol. The Morgan fingerprint density at radius 3 is 2.30 bits per heavy atom. The van der Waals surface area contributed by atoms with Crippen molar-refractivity contribution in [3.05, 3.63) is 65.7 Å². The number of nitrogens with zero attached hydrogens (tertiary/aromatic N) is 2. The molecule has 33 heavy (non-hydrogen) atoms. The lowest BCUT2D eigenvalue weighted by molar-refractivity contribution is -0.140. The molecule has 0 fully saturated rings. The Balaban J connectivity index is 2.14. The third kappa shape index (κ3) is 7.52. The number of hydrogen-bond acceptors (Lipinski definition) is 4. The van der Waals surface area contributed by atoms with Crippen molar-refractivity contribution < 1.29 is 26.8 Å².